The van der Waals surface area contributed by atoms with Gasteiger partial charge in [0.2, 0.25) is 5.91 Å². The highest BCUT2D eigenvalue weighted by atomic mass is 16.3. The number of primary amides is 1. The Morgan fingerprint density at radius 1 is 1.05 bits per heavy atom. The van der Waals surface area contributed by atoms with E-state index < -0.39 is 80.8 Å². The summed E-state index contributed by atoms with van der Waals surface area (Å²) in [6, 6.07) is 1.92. The number of rotatable bonds is 2. The molecule has 5 N–H and O–H groups in total. The van der Waals surface area contributed by atoms with Gasteiger partial charge in [-0.3, -0.25) is 28.9 Å². The third-order valence-electron chi connectivity index (χ3n) is 9.65. The summed E-state index contributed by atoms with van der Waals surface area (Å²) in [7, 11) is 2.93. The first-order valence-corrected chi connectivity index (χ1v) is 12.6. The van der Waals surface area contributed by atoms with E-state index in [0.717, 1.165) is 0 Å². The average molecular weight is 529 g/mol. The number of hydrogen-bond donors (Lipinski definition) is 4. The van der Waals surface area contributed by atoms with Crippen molar-refractivity contribution >= 4 is 29.0 Å². The molecule has 1 aromatic carbocycles. The number of phenols is 1. The molecule has 0 bridgehead atoms. The molecule has 0 aromatic heterocycles. The number of aliphatic hydroxyl groups is 2. The van der Waals surface area contributed by atoms with Crippen LogP contribution in [0.3, 0.4) is 0 Å². The van der Waals surface area contributed by atoms with Crippen molar-refractivity contribution in [1.29, 1.82) is 0 Å². The fourth-order valence-electron chi connectivity index (χ4n) is 7.54. The number of ketones is 4. The zero-order chi connectivity index (χ0) is 29.1. The molecule has 38 heavy (non-hydrogen) atoms. The lowest BCUT2D eigenvalue weighted by Gasteiger charge is -2.65. The number of nitrogens with two attached hydrogens (primary N) is 1. The van der Waals surface area contributed by atoms with Crippen LogP contribution in [0.1, 0.15) is 68.9 Å². The lowest BCUT2D eigenvalue weighted by atomic mass is 9.39. The minimum absolute atomic E-state index is 0.102. The van der Waals surface area contributed by atoms with E-state index >= 15 is 0 Å². The molecule has 2 saturated carbocycles. The predicted molar refractivity (Wildman–Crippen MR) is 135 cm³/mol. The van der Waals surface area contributed by atoms with Crippen molar-refractivity contribution in [2.24, 2.45) is 28.4 Å². The van der Waals surface area contributed by atoms with Crippen LogP contribution in [0.4, 0.5) is 0 Å². The maximum atomic E-state index is 14.3. The molecule has 206 valence electrons. The molecule has 0 radical (unpaired) electrons. The van der Waals surface area contributed by atoms with Crippen molar-refractivity contribution < 1.29 is 39.3 Å². The van der Waals surface area contributed by atoms with Gasteiger partial charge in [0.15, 0.2) is 34.7 Å². The molecular weight excluding hydrogens is 492 g/mol. The van der Waals surface area contributed by atoms with Crippen LogP contribution in [0.15, 0.2) is 12.1 Å². The number of phenolic OH excluding ortho intramolecular Hbond substituents is 1. The highest BCUT2D eigenvalue weighted by Gasteiger charge is 2.81. The maximum Gasteiger partial charge on any atom is 0.235 e. The van der Waals surface area contributed by atoms with Crippen molar-refractivity contribution in [3.05, 3.63) is 28.8 Å². The Bertz CT molecular complexity index is 1310. The Kier molecular flexibility index (Phi) is 5.93. The monoisotopic (exact) mass is 528 g/mol. The van der Waals surface area contributed by atoms with Crippen molar-refractivity contribution in [3.63, 3.8) is 0 Å². The standard InChI is InChI=1S/C28H36N2O8/c1-11-12-9-10-13(25(2,3)4)17(31)14(12)18(32)16-22(35)28(38)21(34)15(23(29)36)19(33)20(30(7)8)27(28,6)24(37)26(11,16)5/h9-11,15-16,20,24,31,37-38H,1-8H3,(H2,29,36)/t11-,15?,16?,20+,24-,26+,27+,28+/m0/s1. The number of aliphatic hydroxyl groups excluding tert-OH is 1. The smallest absolute Gasteiger partial charge is 0.235 e. The summed E-state index contributed by atoms with van der Waals surface area (Å²) in [6.45, 7) is 10.0. The van der Waals surface area contributed by atoms with E-state index in [1.54, 1.807) is 19.1 Å². The van der Waals surface area contributed by atoms with Crippen LogP contribution < -0.4 is 5.73 Å². The van der Waals surface area contributed by atoms with Gasteiger partial charge in [-0.05, 0) is 36.6 Å². The summed E-state index contributed by atoms with van der Waals surface area (Å²) in [5, 5.41) is 35.3. The van der Waals surface area contributed by atoms with Gasteiger partial charge >= 0.3 is 0 Å². The van der Waals surface area contributed by atoms with E-state index in [-0.39, 0.29) is 11.3 Å². The van der Waals surface area contributed by atoms with Crippen LogP contribution in [0.2, 0.25) is 0 Å². The number of carbonyl (C=O) groups is 5. The van der Waals surface area contributed by atoms with Gasteiger partial charge in [-0.15, -0.1) is 0 Å². The lowest BCUT2D eigenvalue weighted by Crippen LogP contribution is -2.84. The van der Waals surface area contributed by atoms with Gasteiger partial charge in [-0.25, -0.2) is 0 Å². The second-order valence-corrected chi connectivity index (χ2v) is 12.8. The molecule has 3 aliphatic rings. The Balaban J connectivity index is 2.07. The maximum absolute atomic E-state index is 14.3. The lowest BCUT2D eigenvalue weighted by molar-refractivity contribution is -0.237. The first-order chi connectivity index (χ1) is 17.2. The van der Waals surface area contributed by atoms with E-state index in [9.17, 15) is 39.3 Å². The van der Waals surface area contributed by atoms with Crippen molar-refractivity contribution in [2.75, 3.05) is 14.1 Å². The van der Waals surface area contributed by atoms with Gasteiger partial charge in [-0.2, -0.15) is 0 Å². The predicted octanol–water partition coefficient (Wildman–Crippen LogP) is 0.477. The molecule has 2 unspecified atom stereocenters. The number of benzene rings is 1. The molecule has 0 spiro atoms. The highest BCUT2D eigenvalue weighted by molar-refractivity contribution is 6.33. The van der Waals surface area contributed by atoms with Crippen LogP contribution in [-0.4, -0.2) is 81.1 Å². The molecule has 0 saturated heterocycles. The van der Waals surface area contributed by atoms with Gasteiger partial charge in [0.05, 0.1) is 29.0 Å². The number of Topliss-reactive ketones (excluding diaryl/α,β-unsaturated/α-hetero) is 4. The second-order valence-electron chi connectivity index (χ2n) is 12.8. The molecule has 2 fully saturated rings. The first kappa shape index (κ1) is 28.1. The molecule has 4 rings (SSSR count). The Labute approximate surface area is 221 Å². The van der Waals surface area contributed by atoms with Crippen molar-refractivity contribution in [1.82, 2.24) is 4.90 Å². The van der Waals surface area contributed by atoms with E-state index in [1.807, 2.05) is 20.8 Å². The zero-order valence-corrected chi connectivity index (χ0v) is 22.9. The van der Waals surface area contributed by atoms with Crippen LogP contribution >= 0.6 is 0 Å². The summed E-state index contributed by atoms with van der Waals surface area (Å²) in [4.78, 5) is 69.1. The molecule has 1 aromatic rings. The van der Waals surface area contributed by atoms with E-state index in [4.69, 9.17) is 5.73 Å². The molecule has 10 nitrogen and oxygen atoms in total. The van der Waals surface area contributed by atoms with E-state index in [0.29, 0.717) is 11.1 Å². The van der Waals surface area contributed by atoms with Crippen molar-refractivity contribution in [3.8, 4) is 5.75 Å². The average Bonchev–Trinajstić information content (AvgIpc) is 2.78. The molecule has 0 heterocycles. The Hall–Kier alpha value is -2.95. The number of fused-ring (bicyclic) bond motifs is 3. The minimum atomic E-state index is -3.08. The fraction of sp³-hybridized carbons (Fsp3) is 0.607. The minimum Gasteiger partial charge on any atom is -0.507 e. The molecule has 0 aliphatic heterocycles. The summed E-state index contributed by atoms with van der Waals surface area (Å²) in [5.41, 5.74) is -1.19. The summed E-state index contributed by atoms with van der Waals surface area (Å²) in [6.07, 6.45) is -1.74. The number of likely N-dealkylation sites (N-methyl/N-ethyl adjacent to an activating group) is 1. The number of nitrogens with zero attached hydrogens (tertiary/aromatic N) is 1. The molecule has 3 aliphatic carbocycles. The van der Waals surface area contributed by atoms with E-state index in [1.165, 1.54) is 32.8 Å². The zero-order valence-electron chi connectivity index (χ0n) is 22.9. The SMILES string of the molecule is C[C@H]1c2ccc(C(C)(C)C)c(O)c2C(=O)C2C(=O)[C@]3(O)C(=O)C(C(N)=O)C(=O)[C@@H](N(C)C)[C@]3(C)[C@@H](O)[C@@]21C. The Morgan fingerprint density at radius 3 is 2.08 bits per heavy atom. The quantitative estimate of drug-likeness (QED) is 0.398. The third kappa shape index (κ3) is 2.96. The van der Waals surface area contributed by atoms with E-state index in [2.05, 4.69) is 0 Å². The fourth-order valence-corrected chi connectivity index (χ4v) is 7.54. The normalized spacial score (nSPS) is 39.1. The van der Waals surface area contributed by atoms with Gasteiger partial charge in [0.25, 0.3) is 0 Å². The largest absolute Gasteiger partial charge is 0.507 e. The molecule has 8 atom stereocenters. The molecular formula is C28H36N2O8. The number of amides is 1. The van der Waals surface area contributed by atoms with Gasteiger partial charge in [0, 0.05) is 5.41 Å². The summed E-state index contributed by atoms with van der Waals surface area (Å²) >= 11 is 0. The Morgan fingerprint density at radius 2 is 1.61 bits per heavy atom. The topological polar surface area (TPSA) is 175 Å². The third-order valence-corrected chi connectivity index (χ3v) is 9.65. The van der Waals surface area contributed by atoms with Crippen molar-refractivity contribution in [2.45, 2.75) is 70.6 Å². The van der Waals surface area contributed by atoms with Crippen LogP contribution in [0.25, 0.3) is 0 Å². The van der Waals surface area contributed by atoms with Crippen LogP contribution in [-0.2, 0) is 24.6 Å². The summed E-state index contributed by atoms with van der Waals surface area (Å²) in [5.74, 6) is -10.7. The highest BCUT2D eigenvalue weighted by Crippen LogP contribution is 2.65. The molecule has 1 amide bonds. The van der Waals surface area contributed by atoms with Gasteiger partial charge in [0.1, 0.15) is 5.75 Å². The van der Waals surface area contributed by atoms with Crippen LogP contribution in [0, 0.1) is 22.7 Å². The summed E-state index contributed by atoms with van der Waals surface area (Å²) < 4.78 is 0. The second kappa shape index (κ2) is 8.03. The number of hydrogen-bond acceptors (Lipinski definition) is 9. The van der Waals surface area contributed by atoms with Crippen LogP contribution in [0.5, 0.6) is 5.75 Å². The number of aromatic hydroxyl groups is 1. The van der Waals surface area contributed by atoms with Gasteiger partial charge < -0.3 is 21.1 Å². The van der Waals surface area contributed by atoms with Gasteiger partial charge in [-0.1, -0.05) is 53.7 Å². The first-order valence-electron chi connectivity index (χ1n) is 12.6. The number of carbonyl (C=O) groups excluding carboxylic acids is 5. The molecule has 10 heteroatoms.